The van der Waals surface area contributed by atoms with Crippen molar-refractivity contribution in [2.45, 2.75) is 13.3 Å². The lowest BCUT2D eigenvalue weighted by atomic mass is 10.1. The quantitative estimate of drug-likeness (QED) is 0.574. The molecule has 0 heterocycles. The van der Waals surface area contributed by atoms with Crippen LogP contribution in [0.3, 0.4) is 0 Å². The lowest BCUT2D eigenvalue weighted by Crippen LogP contribution is -2.01. The van der Waals surface area contributed by atoms with Gasteiger partial charge in [-0.05, 0) is 25.1 Å². The summed E-state index contributed by atoms with van der Waals surface area (Å²) in [5.74, 6) is 6.54. The number of methoxy groups -OCH3 is 2. The predicted octanol–water partition coefficient (Wildman–Crippen LogP) is 2.30. The zero-order valence-corrected chi connectivity index (χ0v) is 9.66. The fraction of sp³-hybridized carbons (Fsp3) is 0.308. The molecular weight excluding hydrogens is 204 g/mol. The number of Topliss-reactive ketones (excluding diaryl/α,β-unsaturated/α-hetero) is 1. The predicted molar refractivity (Wildman–Crippen MR) is 61.9 cm³/mol. The Kier molecular flexibility index (Phi) is 4.41. The minimum absolute atomic E-state index is 0.0647. The first-order chi connectivity index (χ1) is 7.72. The zero-order valence-electron chi connectivity index (χ0n) is 9.66. The third-order valence-electron chi connectivity index (χ3n) is 2.13. The molecule has 0 aliphatic heterocycles. The van der Waals surface area contributed by atoms with Crippen LogP contribution in [0.2, 0.25) is 0 Å². The Morgan fingerprint density at radius 1 is 1.31 bits per heavy atom. The highest BCUT2D eigenvalue weighted by atomic mass is 16.5. The van der Waals surface area contributed by atoms with Gasteiger partial charge in [0.2, 0.25) is 0 Å². The molecule has 0 aliphatic rings. The van der Waals surface area contributed by atoms with Crippen LogP contribution in [0.15, 0.2) is 18.2 Å². The molecule has 1 rings (SSSR count). The smallest absolute Gasteiger partial charge is 0.178 e. The van der Waals surface area contributed by atoms with E-state index in [9.17, 15) is 4.79 Å². The summed E-state index contributed by atoms with van der Waals surface area (Å²) in [4.78, 5) is 11.8. The van der Waals surface area contributed by atoms with E-state index >= 15 is 0 Å². The van der Waals surface area contributed by atoms with Crippen LogP contribution >= 0.6 is 0 Å². The molecule has 0 saturated heterocycles. The first kappa shape index (κ1) is 12.1. The molecule has 0 spiro atoms. The minimum Gasteiger partial charge on any atom is -0.497 e. The molecule has 0 radical (unpaired) electrons. The largest absolute Gasteiger partial charge is 0.497 e. The molecule has 0 N–H and O–H groups in total. The normalized spacial score (nSPS) is 8.94. The number of carbonyl (C=O) groups excluding carboxylic acids is 1. The number of carbonyl (C=O) groups is 1. The second kappa shape index (κ2) is 5.82. The van der Waals surface area contributed by atoms with Crippen LogP contribution in [-0.2, 0) is 0 Å². The van der Waals surface area contributed by atoms with Gasteiger partial charge in [-0.25, -0.2) is 0 Å². The van der Waals surface area contributed by atoms with Gasteiger partial charge in [0, 0.05) is 0 Å². The van der Waals surface area contributed by atoms with Crippen molar-refractivity contribution in [2.24, 2.45) is 0 Å². The molecule has 0 fully saturated rings. The highest BCUT2D eigenvalue weighted by molar-refractivity contribution is 6.00. The minimum atomic E-state index is -0.0647. The van der Waals surface area contributed by atoms with E-state index in [1.165, 1.54) is 7.11 Å². The average Bonchev–Trinajstić information content (AvgIpc) is 2.35. The van der Waals surface area contributed by atoms with Crippen LogP contribution < -0.4 is 9.47 Å². The fourth-order valence-electron chi connectivity index (χ4n) is 1.30. The van der Waals surface area contributed by atoms with Gasteiger partial charge in [-0.3, -0.25) is 4.79 Å². The Morgan fingerprint density at radius 3 is 2.62 bits per heavy atom. The van der Waals surface area contributed by atoms with E-state index in [-0.39, 0.29) is 12.2 Å². The van der Waals surface area contributed by atoms with E-state index < -0.39 is 0 Å². The maximum atomic E-state index is 11.8. The lowest BCUT2D eigenvalue weighted by Gasteiger charge is -2.08. The Balaban J connectivity index is 3.06. The average molecular weight is 218 g/mol. The molecule has 0 unspecified atom stereocenters. The standard InChI is InChI=1S/C13H14O3/c1-4-5-6-12(14)11-9-10(15-2)7-8-13(11)16-3/h7-9H,6H2,1-3H3. The summed E-state index contributed by atoms with van der Waals surface area (Å²) in [6, 6.07) is 5.13. The van der Waals surface area contributed by atoms with Crippen LogP contribution in [0.25, 0.3) is 0 Å². The zero-order chi connectivity index (χ0) is 12.0. The summed E-state index contributed by atoms with van der Waals surface area (Å²) in [5, 5.41) is 0. The van der Waals surface area contributed by atoms with Crippen molar-refractivity contribution in [3.63, 3.8) is 0 Å². The molecular formula is C13H14O3. The van der Waals surface area contributed by atoms with Crippen molar-refractivity contribution < 1.29 is 14.3 Å². The highest BCUT2D eigenvalue weighted by Gasteiger charge is 2.12. The number of benzene rings is 1. The SMILES string of the molecule is CC#CCC(=O)c1cc(OC)ccc1OC. The van der Waals surface area contributed by atoms with Gasteiger partial charge in [0.1, 0.15) is 11.5 Å². The summed E-state index contributed by atoms with van der Waals surface area (Å²) in [6.45, 7) is 1.70. The summed E-state index contributed by atoms with van der Waals surface area (Å²) < 4.78 is 10.2. The number of hydrogen-bond acceptors (Lipinski definition) is 3. The number of rotatable bonds is 4. The Hall–Kier alpha value is -1.95. The van der Waals surface area contributed by atoms with E-state index in [1.807, 2.05) is 0 Å². The maximum absolute atomic E-state index is 11.8. The molecule has 0 atom stereocenters. The number of hydrogen-bond donors (Lipinski definition) is 0. The Labute approximate surface area is 95.4 Å². The van der Waals surface area contributed by atoms with Gasteiger partial charge < -0.3 is 9.47 Å². The third kappa shape index (κ3) is 2.77. The molecule has 0 bridgehead atoms. The van der Waals surface area contributed by atoms with Crippen LogP contribution in [0, 0.1) is 11.8 Å². The van der Waals surface area contributed by atoms with E-state index in [2.05, 4.69) is 11.8 Å². The van der Waals surface area contributed by atoms with Crippen molar-refractivity contribution in [2.75, 3.05) is 14.2 Å². The summed E-state index contributed by atoms with van der Waals surface area (Å²) in [7, 11) is 3.09. The summed E-state index contributed by atoms with van der Waals surface area (Å²) in [6.07, 6.45) is 0.194. The summed E-state index contributed by atoms with van der Waals surface area (Å²) >= 11 is 0. The van der Waals surface area contributed by atoms with Gasteiger partial charge in [-0.1, -0.05) is 5.92 Å². The van der Waals surface area contributed by atoms with Crippen LogP contribution in [0.5, 0.6) is 11.5 Å². The first-order valence-electron chi connectivity index (χ1n) is 4.87. The molecule has 0 amide bonds. The van der Waals surface area contributed by atoms with Crippen LogP contribution in [-0.4, -0.2) is 20.0 Å². The molecule has 3 heteroatoms. The van der Waals surface area contributed by atoms with Crippen molar-refractivity contribution in [1.29, 1.82) is 0 Å². The molecule has 0 aromatic heterocycles. The number of ketones is 1. The van der Waals surface area contributed by atoms with E-state index in [0.29, 0.717) is 17.1 Å². The van der Waals surface area contributed by atoms with Crippen molar-refractivity contribution in [3.05, 3.63) is 23.8 Å². The molecule has 0 aliphatic carbocycles. The van der Waals surface area contributed by atoms with Crippen molar-refractivity contribution >= 4 is 5.78 Å². The van der Waals surface area contributed by atoms with Crippen LogP contribution in [0.1, 0.15) is 23.7 Å². The Bertz CT molecular complexity index is 438. The topological polar surface area (TPSA) is 35.5 Å². The maximum Gasteiger partial charge on any atom is 0.178 e. The van der Waals surface area contributed by atoms with E-state index in [4.69, 9.17) is 9.47 Å². The van der Waals surface area contributed by atoms with Gasteiger partial charge in [0.25, 0.3) is 0 Å². The molecule has 3 nitrogen and oxygen atoms in total. The second-order valence-electron chi connectivity index (χ2n) is 3.09. The molecule has 1 aromatic rings. The fourth-order valence-corrected chi connectivity index (χ4v) is 1.30. The number of ether oxygens (including phenoxy) is 2. The van der Waals surface area contributed by atoms with Crippen molar-refractivity contribution in [1.82, 2.24) is 0 Å². The molecule has 16 heavy (non-hydrogen) atoms. The van der Waals surface area contributed by atoms with Gasteiger partial charge in [0.15, 0.2) is 5.78 Å². The monoisotopic (exact) mass is 218 g/mol. The van der Waals surface area contributed by atoms with Crippen LogP contribution in [0.4, 0.5) is 0 Å². The Morgan fingerprint density at radius 2 is 2.06 bits per heavy atom. The van der Waals surface area contributed by atoms with Gasteiger partial charge in [-0.15, -0.1) is 5.92 Å². The van der Waals surface area contributed by atoms with Gasteiger partial charge >= 0.3 is 0 Å². The van der Waals surface area contributed by atoms with Gasteiger partial charge in [0.05, 0.1) is 26.2 Å². The molecule has 84 valence electrons. The summed E-state index contributed by atoms with van der Waals surface area (Å²) in [5.41, 5.74) is 0.504. The molecule has 1 aromatic carbocycles. The van der Waals surface area contributed by atoms with E-state index in [1.54, 1.807) is 32.2 Å². The van der Waals surface area contributed by atoms with E-state index in [0.717, 1.165) is 0 Å². The highest BCUT2D eigenvalue weighted by Crippen LogP contribution is 2.24. The van der Waals surface area contributed by atoms with Crippen molar-refractivity contribution in [3.8, 4) is 23.3 Å². The molecule has 0 saturated carbocycles. The lowest BCUT2D eigenvalue weighted by molar-refractivity contribution is 0.0995. The van der Waals surface area contributed by atoms with Gasteiger partial charge in [-0.2, -0.15) is 0 Å². The third-order valence-corrected chi connectivity index (χ3v) is 2.13. The first-order valence-corrected chi connectivity index (χ1v) is 4.87. The second-order valence-corrected chi connectivity index (χ2v) is 3.09.